The van der Waals surface area contributed by atoms with Crippen LogP contribution in [0.1, 0.15) is 62.3 Å². The summed E-state index contributed by atoms with van der Waals surface area (Å²) in [6.07, 6.45) is 0. The second-order valence-electron chi connectivity index (χ2n) is 8.53. The molecule has 0 radical (unpaired) electrons. The van der Waals surface area contributed by atoms with E-state index in [0.717, 1.165) is 0 Å². The van der Waals surface area contributed by atoms with Gasteiger partial charge in [0.15, 0.2) is 0 Å². The van der Waals surface area contributed by atoms with Gasteiger partial charge in [-0.05, 0) is 5.54 Å². The number of hydrogen-bond donors (Lipinski definition) is 0. The molecule has 0 aromatic rings. The molecule has 0 saturated carbocycles. The fraction of sp³-hybridized carbons (Fsp3) is 1.00. The molecule has 1 rings (SSSR count). The molecule has 94 valence electrons. The van der Waals surface area contributed by atoms with E-state index in [1.54, 1.807) is 0 Å². The Kier molecular flexibility index (Phi) is 3.11. The number of halogens is 1. The van der Waals surface area contributed by atoms with Gasteiger partial charge in [-0.25, -0.2) is 0 Å². The summed E-state index contributed by atoms with van der Waals surface area (Å²) >= 11 is 7.01. The highest BCUT2D eigenvalue weighted by molar-refractivity contribution is 7.65. The van der Waals surface area contributed by atoms with Crippen LogP contribution in [-0.4, -0.2) is 22.6 Å². The lowest BCUT2D eigenvalue weighted by Gasteiger charge is -2.41. The van der Waals surface area contributed by atoms with Gasteiger partial charge in [0.25, 0.3) is 0 Å². The fourth-order valence-corrected chi connectivity index (χ4v) is 4.12. The Morgan fingerprint density at radius 2 is 1.25 bits per heavy atom. The lowest BCUT2D eigenvalue weighted by molar-refractivity contribution is 0.383. The van der Waals surface area contributed by atoms with Crippen molar-refractivity contribution in [3.63, 3.8) is 0 Å². The average molecular weight is 242 g/mol. The van der Waals surface area contributed by atoms with Gasteiger partial charge in [-0.3, -0.25) is 0 Å². The molecule has 0 N–H and O–H groups in total. The van der Waals surface area contributed by atoms with Crippen molar-refractivity contribution in [2.45, 2.75) is 78.5 Å². The largest absolute Gasteiger partial charge is 0.529 e. The summed E-state index contributed by atoms with van der Waals surface area (Å²) in [6, 6.07) is 0. The van der Waals surface area contributed by atoms with Crippen LogP contribution in [0.2, 0.25) is 10.6 Å². The standard InChI is InChI=1S/C12H27B2ClN/c1-10(2,3)13-14(15,11(4,5)6)16(13)12(7,8)9/h1-9H3/q-1/t14-,16?/m0/s1. The van der Waals surface area contributed by atoms with Crippen LogP contribution in [0.3, 0.4) is 0 Å². The van der Waals surface area contributed by atoms with E-state index >= 15 is 0 Å². The van der Waals surface area contributed by atoms with E-state index in [2.05, 4.69) is 67.0 Å². The normalized spacial score (nSPS) is 31.9. The maximum absolute atomic E-state index is 7.01. The van der Waals surface area contributed by atoms with Crippen molar-refractivity contribution in [1.82, 2.24) is 4.72 Å². The minimum Gasteiger partial charge on any atom is -0.529 e. The lowest BCUT2D eigenvalue weighted by atomic mass is 9.21. The summed E-state index contributed by atoms with van der Waals surface area (Å²) in [4.78, 5) is 0. The second-order valence-corrected chi connectivity index (χ2v) is 9.20. The monoisotopic (exact) mass is 242 g/mol. The van der Waals surface area contributed by atoms with E-state index in [-0.39, 0.29) is 16.2 Å². The Morgan fingerprint density at radius 3 is 1.31 bits per heavy atom. The molecule has 1 nitrogen and oxygen atoms in total. The first-order chi connectivity index (χ1) is 6.74. The van der Waals surface area contributed by atoms with Gasteiger partial charge in [0, 0.05) is 6.74 Å². The van der Waals surface area contributed by atoms with Gasteiger partial charge in [-0.15, -0.1) is 5.31 Å². The molecule has 1 aliphatic heterocycles. The Hall–Kier alpha value is 0.380. The van der Waals surface area contributed by atoms with E-state index < -0.39 is 5.59 Å². The summed E-state index contributed by atoms with van der Waals surface area (Å²) in [5, 5.41) is 0.412. The molecule has 4 heteroatoms. The van der Waals surface area contributed by atoms with E-state index in [1.807, 2.05) is 0 Å². The minimum atomic E-state index is -0.938. The first-order valence-corrected chi connectivity index (χ1v) is 6.81. The summed E-state index contributed by atoms with van der Waals surface area (Å²) in [7, 11) is 0. The van der Waals surface area contributed by atoms with Crippen LogP contribution in [0, 0.1) is 0 Å². The van der Waals surface area contributed by atoms with Gasteiger partial charge in [-0.2, -0.15) is 0 Å². The minimum absolute atomic E-state index is 0.160. The summed E-state index contributed by atoms with van der Waals surface area (Å²) in [5.74, 6) is 0. The van der Waals surface area contributed by atoms with Gasteiger partial charge in [-0.1, -0.05) is 67.6 Å². The third-order valence-electron chi connectivity index (χ3n) is 3.91. The highest BCUT2D eigenvalue weighted by Gasteiger charge is 2.66. The van der Waals surface area contributed by atoms with E-state index in [9.17, 15) is 0 Å². The lowest BCUT2D eigenvalue weighted by Crippen LogP contribution is -2.38. The molecule has 1 aliphatic rings. The van der Waals surface area contributed by atoms with Gasteiger partial charge in [0.2, 0.25) is 0 Å². The smallest absolute Gasteiger partial charge is 0.129 e. The number of hydrogen-bond acceptors (Lipinski definition) is 1. The Bertz CT molecular complexity index is 263. The van der Waals surface area contributed by atoms with E-state index in [1.165, 1.54) is 0 Å². The van der Waals surface area contributed by atoms with Crippen LogP contribution in [-0.2, 0) is 0 Å². The second kappa shape index (κ2) is 3.45. The molecular formula is C12H27B2ClN-. The van der Waals surface area contributed by atoms with Crippen LogP contribution in [0.5, 0.6) is 0 Å². The van der Waals surface area contributed by atoms with Crippen LogP contribution in [0.15, 0.2) is 0 Å². The molecule has 16 heavy (non-hydrogen) atoms. The van der Waals surface area contributed by atoms with Crippen molar-refractivity contribution in [3.05, 3.63) is 0 Å². The first kappa shape index (κ1) is 14.4. The van der Waals surface area contributed by atoms with Crippen molar-refractivity contribution in [2.24, 2.45) is 0 Å². The van der Waals surface area contributed by atoms with Crippen LogP contribution in [0.25, 0.3) is 0 Å². The summed E-state index contributed by atoms with van der Waals surface area (Å²) < 4.78 is 2.54. The third-order valence-corrected chi connectivity index (χ3v) is 5.01. The predicted molar refractivity (Wildman–Crippen MR) is 78.4 cm³/mol. The highest BCUT2D eigenvalue weighted by Crippen LogP contribution is 2.62. The van der Waals surface area contributed by atoms with Gasteiger partial charge in [0.05, 0.1) is 0 Å². The van der Waals surface area contributed by atoms with Crippen LogP contribution < -0.4 is 0 Å². The van der Waals surface area contributed by atoms with Crippen molar-refractivity contribution in [1.29, 1.82) is 0 Å². The topological polar surface area (TPSA) is 3.01 Å². The molecular weight excluding hydrogens is 215 g/mol. The quantitative estimate of drug-likeness (QED) is 0.448. The molecule has 1 heterocycles. The van der Waals surface area contributed by atoms with Gasteiger partial charge < -0.3 is 16.2 Å². The Balaban J connectivity index is 3.13. The Labute approximate surface area is 107 Å². The van der Waals surface area contributed by atoms with E-state index in [4.69, 9.17) is 11.5 Å². The highest BCUT2D eigenvalue weighted by atomic mass is 35.5. The molecule has 1 saturated heterocycles. The maximum Gasteiger partial charge on any atom is 0.129 e. The fourth-order valence-electron chi connectivity index (χ4n) is 3.27. The van der Waals surface area contributed by atoms with Crippen molar-refractivity contribution in [3.8, 4) is 0 Å². The number of rotatable bonds is 0. The predicted octanol–water partition coefficient (Wildman–Crippen LogP) is 4.45. The average Bonchev–Trinajstić information content (AvgIpc) is 2.53. The molecule has 2 atom stereocenters. The molecule has 0 spiro atoms. The van der Waals surface area contributed by atoms with Crippen LogP contribution >= 0.6 is 11.5 Å². The zero-order chi connectivity index (χ0) is 13.2. The van der Waals surface area contributed by atoms with Gasteiger partial charge >= 0.3 is 0 Å². The molecule has 0 bridgehead atoms. The summed E-state index contributed by atoms with van der Waals surface area (Å²) in [6.45, 7) is 21.0. The first-order valence-electron chi connectivity index (χ1n) is 6.37. The molecule has 0 amide bonds. The van der Waals surface area contributed by atoms with Gasteiger partial charge in [0.1, 0.15) is 5.59 Å². The zero-order valence-corrected chi connectivity index (χ0v) is 13.2. The molecule has 0 aliphatic carbocycles. The SMILES string of the molecule is CC(C)(C)B1N(C(C)(C)C)[B@@-]1(Cl)C(C)(C)C. The molecule has 0 aromatic heterocycles. The maximum atomic E-state index is 7.01. The van der Waals surface area contributed by atoms with Crippen molar-refractivity contribution >= 4 is 23.8 Å². The zero-order valence-electron chi connectivity index (χ0n) is 12.5. The molecule has 1 fully saturated rings. The third kappa shape index (κ3) is 2.06. The number of nitrogens with zero attached hydrogens (tertiary/aromatic N) is 1. The van der Waals surface area contributed by atoms with Crippen molar-refractivity contribution < 1.29 is 0 Å². The molecule has 0 aromatic carbocycles. The molecule has 1 unspecified atom stereocenters. The van der Waals surface area contributed by atoms with E-state index in [0.29, 0.717) is 6.74 Å². The van der Waals surface area contributed by atoms with Crippen molar-refractivity contribution in [2.75, 3.05) is 0 Å². The Morgan fingerprint density at radius 1 is 0.875 bits per heavy atom. The van der Waals surface area contributed by atoms with Crippen LogP contribution in [0.4, 0.5) is 0 Å². The summed E-state index contributed by atoms with van der Waals surface area (Å²) in [5.41, 5.74) is -0.778.